The zero-order valence-electron chi connectivity index (χ0n) is 18.3. The molecule has 1 aliphatic heterocycles. The van der Waals surface area contributed by atoms with Crippen LogP contribution in [0.3, 0.4) is 0 Å². The number of aliphatic hydroxyl groups excluding tert-OH is 1. The summed E-state index contributed by atoms with van der Waals surface area (Å²) in [5.74, 6) is -1.78. The molecule has 0 spiro atoms. The van der Waals surface area contributed by atoms with Crippen molar-refractivity contribution in [3.63, 3.8) is 0 Å². The van der Waals surface area contributed by atoms with Crippen molar-refractivity contribution in [2.45, 2.75) is 19.9 Å². The van der Waals surface area contributed by atoms with Gasteiger partial charge < -0.3 is 14.9 Å². The molecule has 0 aliphatic carbocycles. The number of methoxy groups -OCH3 is 1. The number of rotatable bonds is 4. The van der Waals surface area contributed by atoms with E-state index in [9.17, 15) is 19.8 Å². The smallest absolute Gasteiger partial charge is 0.300 e. The van der Waals surface area contributed by atoms with Crippen molar-refractivity contribution in [2.75, 3.05) is 12.0 Å². The lowest BCUT2D eigenvalue weighted by Gasteiger charge is -2.26. The number of ketones is 1. The van der Waals surface area contributed by atoms with Gasteiger partial charge in [-0.1, -0.05) is 35.4 Å². The standard InChI is InChI=1S/C26H22ClNO5/c1-14-4-5-15(2)19(12-14)24(30)22-23(16-6-11-21(33-3)20(29)13-16)28(26(32)25(22)31)18-9-7-17(27)8-10-18/h4-13,23,29-30H,1-3H3/b24-22+. The molecule has 1 amide bonds. The topological polar surface area (TPSA) is 87.1 Å². The molecule has 1 fully saturated rings. The lowest BCUT2D eigenvalue weighted by atomic mass is 9.93. The minimum Gasteiger partial charge on any atom is -0.507 e. The number of carbonyl (C=O) groups excluding carboxylic acids is 2. The Hall–Kier alpha value is -3.77. The van der Waals surface area contributed by atoms with Gasteiger partial charge in [-0.3, -0.25) is 14.5 Å². The van der Waals surface area contributed by atoms with Crippen LogP contribution in [-0.2, 0) is 9.59 Å². The molecule has 2 N–H and O–H groups in total. The zero-order valence-corrected chi connectivity index (χ0v) is 19.1. The van der Waals surface area contributed by atoms with E-state index in [2.05, 4.69) is 0 Å². The summed E-state index contributed by atoms with van der Waals surface area (Å²) in [7, 11) is 1.43. The fraction of sp³-hybridized carbons (Fsp3) is 0.154. The number of phenolic OH excluding ortho intramolecular Hbond substituents is 1. The average Bonchev–Trinajstić information content (AvgIpc) is 3.06. The summed E-state index contributed by atoms with van der Waals surface area (Å²) < 4.78 is 5.13. The van der Waals surface area contributed by atoms with Crippen molar-refractivity contribution in [3.05, 3.63) is 93.5 Å². The molecule has 1 heterocycles. The van der Waals surface area contributed by atoms with Crippen molar-refractivity contribution in [1.82, 2.24) is 0 Å². The van der Waals surface area contributed by atoms with Crippen LogP contribution < -0.4 is 9.64 Å². The van der Waals surface area contributed by atoms with E-state index in [1.54, 1.807) is 42.5 Å². The lowest BCUT2D eigenvalue weighted by Crippen LogP contribution is -2.29. The van der Waals surface area contributed by atoms with Crippen molar-refractivity contribution >= 4 is 34.7 Å². The summed E-state index contributed by atoms with van der Waals surface area (Å²) >= 11 is 6.02. The van der Waals surface area contributed by atoms with Crippen LogP contribution in [0.25, 0.3) is 5.76 Å². The fourth-order valence-corrected chi connectivity index (χ4v) is 4.16. The maximum atomic E-state index is 13.2. The third-order valence-electron chi connectivity index (χ3n) is 5.72. The third-order valence-corrected chi connectivity index (χ3v) is 5.97. The normalized spacial score (nSPS) is 17.5. The Balaban J connectivity index is 1.99. The first-order valence-corrected chi connectivity index (χ1v) is 10.6. The quantitative estimate of drug-likeness (QED) is 0.311. The largest absolute Gasteiger partial charge is 0.507 e. The Bertz CT molecular complexity index is 1300. The van der Waals surface area contributed by atoms with E-state index in [-0.39, 0.29) is 22.8 Å². The number of ether oxygens (including phenoxy) is 1. The number of hydrogen-bond donors (Lipinski definition) is 2. The first kappa shape index (κ1) is 22.4. The molecule has 0 aromatic heterocycles. The highest BCUT2D eigenvalue weighted by molar-refractivity contribution is 6.51. The van der Waals surface area contributed by atoms with Crippen molar-refractivity contribution in [3.8, 4) is 11.5 Å². The molecular weight excluding hydrogens is 442 g/mol. The number of anilines is 1. The van der Waals surface area contributed by atoms with Gasteiger partial charge in [-0.15, -0.1) is 0 Å². The van der Waals surface area contributed by atoms with Gasteiger partial charge in [0.05, 0.1) is 18.7 Å². The number of carbonyl (C=O) groups is 2. The molecule has 1 aliphatic rings. The highest BCUT2D eigenvalue weighted by atomic mass is 35.5. The SMILES string of the molecule is COc1ccc(C2/C(=C(\O)c3cc(C)ccc3C)C(=O)C(=O)N2c2ccc(Cl)cc2)cc1O. The van der Waals surface area contributed by atoms with Gasteiger partial charge in [-0.05, 0) is 67.4 Å². The average molecular weight is 464 g/mol. The summed E-state index contributed by atoms with van der Waals surface area (Å²) in [6, 6.07) is 15.6. The van der Waals surface area contributed by atoms with Crippen LogP contribution in [0.5, 0.6) is 11.5 Å². The molecule has 0 radical (unpaired) electrons. The maximum absolute atomic E-state index is 13.2. The van der Waals surface area contributed by atoms with Gasteiger partial charge in [0.2, 0.25) is 0 Å². The Morgan fingerprint density at radius 2 is 1.70 bits per heavy atom. The van der Waals surface area contributed by atoms with Gasteiger partial charge in [-0.25, -0.2) is 0 Å². The van der Waals surface area contributed by atoms with Crippen molar-refractivity contribution < 1.29 is 24.5 Å². The number of amides is 1. The number of benzene rings is 3. The fourth-order valence-electron chi connectivity index (χ4n) is 4.03. The summed E-state index contributed by atoms with van der Waals surface area (Å²) in [6.45, 7) is 3.69. The van der Waals surface area contributed by atoms with Crippen LogP contribution in [-0.4, -0.2) is 29.0 Å². The van der Waals surface area contributed by atoms with Crippen molar-refractivity contribution in [1.29, 1.82) is 0 Å². The highest BCUT2D eigenvalue weighted by Gasteiger charge is 2.47. The first-order chi connectivity index (χ1) is 15.7. The van der Waals surface area contributed by atoms with Crippen LogP contribution in [0, 0.1) is 13.8 Å². The van der Waals surface area contributed by atoms with Crippen molar-refractivity contribution in [2.24, 2.45) is 0 Å². The van der Waals surface area contributed by atoms with Crippen LogP contribution >= 0.6 is 11.6 Å². The van der Waals surface area contributed by atoms with E-state index in [1.165, 1.54) is 18.1 Å². The summed E-state index contributed by atoms with van der Waals surface area (Å²) in [5, 5.41) is 22.2. The zero-order chi connectivity index (χ0) is 23.9. The molecule has 33 heavy (non-hydrogen) atoms. The van der Waals surface area contributed by atoms with Crippen LogP contribution in [0.2, 0.25) is 5.02 Å². The molecule has 168 valence electrons. The van der Waals surface area contributed by atoms with E-state index in [0.29, 0.717) is 21.8 Å². The molecule has 7 heteroatoms. The maximum Gasteiger partial charge on any atom is 0.300 e. The van der Waals surface area contributed by atoms with E-state index < -0.39 is 17.7 Å². The second kappa shape index (κ2) is 8.64. The minimum atomic E-state index is -0.970. The Morgan fingerprint density at radius 3 is 2.33 bits per heavy atom. The second-order valence-corrected chi connectivity index (χ2v) is 8.33. The predicted molar refractivity (Wildman–Crippen MR) is 127 cm³/mol. The van der Waals surface area contributed by atoms with Crippen LogP contribution in [0.1, 0.15) is 28.3 Å². The number of aromatic hydroxyl groups is 1. The predicted octanol–water partition coefficient (Wildman–Crippen LogP) is 5.30. The number of Topliss-reactive ketones (excluding diaryl/α,β-unsaturated/α-hetero) is 1. The van der Waals surface area contributed by atoms with E-state index in [4.69, 9.17) is 16.3 Å². The molecule has 1 unspecified atom stereocenters. The van der Waals surface area contributed by atoms with Crippen LogP contribution in [0.4, 0.5) is 5.69 Å². The second-order valence-electron chi connectivity index (χ2n) is 7.90. The lowest BCUT2D eigenvalue weighted by molar-refractivity contribution is -0.132. The summed E-state index contributed by atoms with van der Waals surface area (Å²) in [5.41, 5.74) is 2.93. The first-order valence-electron chi connectivity index (χ1n) is 10.2. The molecule has 4 rings (SSSR count). The number of aliphatic hydroxyl groups is 1. The monoisotopic (exact) mass is 463 g/mol. The Morgan fingerprint density at radius 1 is 1.00 bits per heavy atom. The molecule has 6 nitrogen and oxygen atoms in total. The molecule has 3 aromatic rings. The number of hydrogen-bond acceptors (Lipinski definition) is 5. The van der Waals surface area contributed by atoms with Gasteiger partial charge in [0, 0.05) is 16.3 Å². The third kappa shape index (κ3) is 3.94. The molecule has 1 saturated heterocycles. The van der Waals surface area contributed by atoms with Gasteiger partial charge in [0.1, 0.15) is 5.76 Å². The van der Waals surface area contributed by atoms with E-state index in [0.717, 1.165) is 11.1 Å². The van der Waals surface area contributed by atoms with Gasteiger partial charge >= 0.3 is 0 Å². The number of nitrogens with zero attached hydrogens (tertiary/aromatic N) is 1. The molecular formula is C26H22ClNO5. The van der Waals surface area contributed by atoms with Gasteiger partial charge in [0.25, 0.3) is 11.7 Å². The van der Waals surface area contributed by atoms with E-state index >= 15 is 0 Å². The number of halogens is 1. The molecule has 0 saturated carbocycles. The van der Waals surface area contributed by atoms with E-state index in [1.807, 2.05) is 26.0 Å². The molecule has 3 aromatic carbocycles. The van der Waals surface area contributed by atoms with Crippen LogP contribution in [0.15, 0.2) is 66.2 Å². The van der Waals surface area contributed by atoms with Gasteiger partial charge in [-0.2, -0.15) is 0 Å². The minimum absolute atomic E-state index is 0.0618. The molecule has 0 bridgehead atoms. The summed E-state index contributed by atoms with van der Waals surface area (Å²) in [4.78, 5) is 27.7. The number of aryl methyl sites for hydroxylation is 2. The Kier molecular flexibility index (Phi) is 5.87. The molecule has 1 atom stereocenters. The highest BCUT2D eigenvalue weighted by Crippen LogP contribution is 2.44. The summed E-state index contributed by atoms with van der Waals surface area (Å²) in [6.07, 6.45) is 0. The Labute approximate surface area is 196 Å². The number of phenols is 1. The van der Waals surface area contributed by atoms with Gasteiger partial charge in [0.15, 0.2) is 11.5 Å².